The first-order valence-corrected chi connectivity index (χ1v) is 8.55. The lowest BCUT2D eigenvalue weighted by Gasteiger charge is -2.27. The fourth-order valence-corrected chi connectivity index (χ4v) is 4.02. The molecule has 0 spiro atoms. The Kier molecular flexibility index (Phi) is 3.63. The average Bonchev–Trinajstić information content (AvgIpc) is 2.96. The standard InChI is InChI=1S/C19H20O7/c1-8(2)16(20)24-12-6-10-5-11(23-18(10)22)7-19(4)15(26-19)14-13(12)9(3)17(21)25-14/h5,11-15H,1,3,6-7H2,2,4H3/t11?,12-,13+,14-,15+,19+/m0/s1. The molecule has 0 aromatic heterocycles. The van der Waals surface area contributed by atoms with E-state index in [-0.39, 0.29) is 23.7 Å². The van der Waals surface area contributed by atoms with Crippen LogP contribution in [0.2, 0.25) is 0 Å². The topological polar surface area (TPSA) is 91.4 Å². The van der Waals surface area contributed by atoms with Crippen molar-refractivity contribution in [3.63, 3.8) is 0 Å². The number of rotatable bonds is 2. The molecule has 7 nitrogen and oxygen atoms in total. The van der Waals surface area contributed by atoms with E-state index < -0.39 is 47.7 Å². The van der Waals surface area contributed by atoms with Crippen molar-refractivity contribution in [2.75, 3.05) is 0 Å². The summed E-state index contributed by atoms with van der Waals surface area (Å²) in [6.45, 7) is 10.8. The largest absolute Gasteiger partial charge is 0.458 e. The summed E-state index contributed by atoms with van der Waals surface area (Å²) in [4.78, 5) is 36.5. The van der Waals surface area contributed by atoms with Crippen LogP contribution in [0.3, 0.4) is 0 Å². The summed E-state index contributed by atoms with van der Waals surface area (Å²) < 4.78 is 22.3. The van der Waals surface area contributed by atoms with E-state index >= 15 is 0 Å². The Morgan fingerprint density at radius 2 is 2.04 bits per heavy atom. The second kappa shape index (κ2) is 5.54. The Balaban J connectivity index is 1.74. The van der Waals surface area contributed by atoms with Gasteiger partial charge in [-0.05, 0) is 19.9 Å². The number of hydrogen-bond donors (Lipinski definition) is 0. The molecule has 6 atom stereocenters. The molecule has 2 saturated heterocycles. The van der Waals surface area contributed by atoms with Gasteiger partial charge in [-0.1, -0.05) is 13.2 Å². The van der Waals surface area contributed by atoms with E-state index in [1.165, 1.54) is 6.92 Å². The second-order valence-electron chi connectivity index (χ2n) is 7.54. The van der Waals surface area contributed by atoms with Gasteiger partial charge in [0.15, 0.2) is 0 Å². The van der Waals surface area contributed by atoms with Gasteiger partial charge in [0.25, 0.3) is 0 Å². The van der Waals surface area contributed by atoms with Crippen molar-refractivity contribution in [1.82, 2.24) is 0 Å². The van der Waals surface area contributed by atoms with Crippen molar-refractivity contribution < 1.29 is 33.3 Å². The molecule has 7 heteroatoms. The molecule has 0 aromatic rings. The number of esters is 3. The first-order valence-electron chi connectivity index (χ1n) is 8.55. The number of carbonyl (C=O) groups is 3. The van der Waals surface area contributed by atoms with Crippen LogP contribution in [-0.2, 0) is 33.3 Å². The van der Waals surface area contributed by atoms with Crippen LogP contribution < -0.4 is 0 Å². The van der Waals surface area contributed by atoms with Gasteiger partial charge in [0, 0.05) is 29.6 Å². The van der Waals surface area contributed by atoms with Crippen molar-refractivity contribution in [1.29, 1.82) is 0 Å². The molecule has 4 rings (SSSR count). The van der Waals surface area contributed by atoms with Gasteiger partial charge in [-0.15, -0.1) is 0 Å². The number of carbonyl (C=O) groups excluding carboxylic acids is 3. The van der Waals surface area contributed by atoms with Gasteiger partial charge in [-0.2, -0.15) is 0 Å². The molecule has 4 aliphatic rings. The van der Waals surface area contributed by atoms with E-state index in [2.05, 4.69) is 13.2 Å². The highest BCUT2D eigenvalue weighted by Gasteiger charge is 2.65. The molecule has 0 aromatic carbocycles. The molecular formula is C19H20O7. The highest BCUT2D eigenvalue weighted by molar-refractivity contribution is 5.93. The molecule has 3 heterocycles. The second-order valence-corrected chi connectivity index (χ2v) is 7.54. The molecule has 0 amide bonds. The Hall–Kier alpha value is -2.41. The highest BCUT2D eigenvalue weighted by Crippen LogP contribution is 2.51. The normalized spacial score (nSPS) is 40.6. The van der Waals surface area contributed by atoms with Gasteiger partial charge in [0.1, 0.15) is 24.4 Å². The van der Waals surface area contributed by atoms with Gasteiger partial charge in [0.2, 0.25) is 0 Å². The highest BCUT2D eigenvalue weighted by atomic mass is 16.7. The smallest absolute Gasteiger partial charge is 0.334 e. The van der Waals surface area contributed by atoms with E-state index in [4.69, 9.17) is 18.9 Å². The first kappa shape index (κ1) is 17.0. The maximum absolute atomic E-state index is 12.2. The van der Waals surface area contributed by atoms with Crippen LogP contribution >= 0.6 is 0 Å². The number of fused-ring (bicyclic) bond motifs is 4. The maximum atomic E-state index is 12.2. The van der Waals surface area contributed by atoms with E-state index in [1.807, 2.05) is 6.92 Å². The summed E-state index contributed by atoms with van der Waals surface area (Å²) in [5.74, 6) is -2.17. The minimum Gasteiger partial charge on any atom is -0.458 e. The van der Waals surface area contributed by atoms with E-state index in [9.17, 15) is 14.4 Å². The summed E-state index contributed by atoms with van der Waals surface area (Å²) in [7, 11) is 0. The van der Waals surface area contributed by atoms with Crippen LogP contribution in [-0.4, -0.2) is 47.9 Å². The van der Waals surface area contributed by atoms with Gasteiger partial charge in [-0.25, -0.2) is 14.4 Å². The fourth-order valence-electron chi connectivity index (χ4n) is 4.02. The van der Waals surface area contributed by atoms with Crippen LogP contribution in [0.15, 0.2) is 36.0 Å². The summed E-state index contributed by atoms with van der Waals surface area (Å²) in [6, 6.07) is 0. The Morgan fingerprint density at radius 3 is 2.73 bits per heavy atom. The third-order valence-corrected chi connectivity index (χ3v) is 5.44. The Morgan fingerprint density at radius 1 is 1.31 bits per heavy atom. The fraction of sp³-hybridized carbons (Fsp3) is 0.526. The maximum Gasteiger partial charge on any atom is 0.334 e. The van der Waals surface area contributed by atoms with Crippen LogP contribution in [0.1, 0.15) is 26.7 Å². The predicted molar refractivity (Wildman–Crippen MR) is 87.7 cm³/mol. The predicted octanol–water partition coefficient (Wildman–Crippen LogP) is 1.38. The van der Waals surface area contributed by atoms with Crippen LogP contribution in [0.25, 0.3) is 0 Å². The van der Waals surface area contributed by atoms with Crippen molar-refractivity contribution in [2.24, 2.45) is 5.92 Å². The lowest BCUT2D eigenvalue weighted by atomic mass is 9.82. The van der Waals surface area contributed by atoms with Crippen molar-refractivity contribution >= 4 is 17.9 Å². The molecule has 0 radical (unpaired) electrons. The third kappa shape index (κ3) is 2.58. The molecule has 1 unspecified atom stereocenters. The molecule has 138 valence electrons. The van der Waals surface area contributed by atoms with Gasteiger partial charge < -0.3 is 18.9 Å². The quantitative estimate of drug-likeness (QED) is 0.318. The summed E-state index contributed by atoms with van der Waals surface area (Å²) in [5, 5.41) is 0. The SMILES string of the molecule is C=C(C)C(=O)O[C@H]1CC2=CC(C[C@@]3(C)O[C@@H]3[C@H]3OC(=O)C(=C)[C@@H]31)OC2=O. The Labute approximate surface area is 150 Å². The first-order chi connectivity index (χ1) is 12.2. The van der Waals surface area contributed by atoms with E-state index in [0.29, 0.717) is 12.0 Å². The van der Waals surface area contributed by atoms with Crippen molar-refractivity contribution in [3.8, 4) is 0 Å². The van der Waals surface area contributed by atoms with E-state index in [0.717, 1.165) is 0 Å². The van der Waals surface area contributed by atoms with Crippen LogP contribution in [0, 0.1) is 5.92 Å². The summed E-state index contributed by atoms with van der Waals surface area (Å²) in [5.41, 5.74) is 0.285. The molecule has 26 heavy (non-hydrogen) atoms. The number of epoxide rings is 1. The number of hydrogen-bond acceptors (Lipinski definition) is 7. The molecule has 2 bridgehead atoms. The van der Waals surface area contributed by atoms with Crippen molar-refractivity contribution in [2.45, 2.75) is 56.7 Å². The van der Waals surface area contributed by atoms with Gasteiger partial charge >= 0.3 is 17.9 Å². The summed E-state index contributed by atoms with van der Waals surface area (Å²) in [6.07, 6.45) is 0.167. The van der Waals surface area contributed by atoms with Crippen LogP contribution in [0.5, 0.6) is 0 Å². The molecular weight excluding hydrogens is 340 g/mol. The zero-order valence-corrected chi connectivity index (χ0v) is 14.7. The third-order valence-electron chi connectivity index (χ3n) is 5.44. The average molecular weight is 360 g/mol. The lowest BCUT2D eigenvalue weighted by Crippen LogP contribution is -2.39. The molecule has 1 aliphatic carbocycles. The molecule has 2 fully saturated rings. The minimum absolute atomic E-state index is 0.120. The lowest BCUT2D eigenvalue weighted by molar-refractivity contribution is -0.149. The van der Waals surface area contributed by atoms with E-state index in [1.54, 1.807) is 6.08 Å². The minimum atomic E-state index is -0.799. The zero-order valence-electron chi connectivity index (χ0n) is 14.7. The Bertz CT molecular complexity index is 779. The zero-order chi connectivity index (χ0) is 18.8. The van der Waals surface area contributed by atoms with Gasteiger partial charge in [-0.3, -0.25) is 0 Å². The molecule has 0 saturated carbocycles. The monoisotopic (exact) mass is 360 g/mol. The van der Waals surface area contributed by atoms with Gasteiger partial charge in [0.05, 0.1) is 11.5 Å². The molecule has 0 N–H and O–H groups in total. The number of ether oxygens (including phenoxy) is 4. The van der Waals surface area contributed by atoms with Crippen LogP contribution in [0.4, 0.5) is 0 Å². The molecule has 3 aliphatic heterocycles. The summed E-state index contributed by atoms with van der Waals surface area (Å²) >= 11 is 0. The van der Waals surface area contributed by atoms with Crippen molar-refractivity contribution in [3.05, 3.63) is 36.0 Å².